The molecule has 3 heteroatoms. The van der Waals surface area contributed by atoms with Crippen LogP contribution in [0.25, 0.3) is 0 Å². The second-order valence-electron chi connectivity index (χ2n) is 5.04. The fourth-order valence-corrected chi connectivity index (χ4v) is 2.16. The van der Waals surface area contributed by atoms with Gasteiger partial charge in [0.2, 0.25) is 5.95 Å². The zero-order chi connectivity index (χ0) is 13.7. The van der Waals surface area contributed by atoms with E-state index in [1.165, 1.54) is 24.0 Å². The van der Waals surface area contributed by atoms with Crippen LogP contribution in [0, 0.1) is 13.8 Å². The fourth-order valence-electron chi connectivity index (χ4n) is 2.16. The highest BCUT2D eigenvalue weighted by Crippen LogP contribution is 2.14. The summed E-state index contributed by atoms with van der Waals surface area (Å²) in [7, 11) is 0. The van der Waals surface area contributed by atoms with Gasteiger partial charge in [0.1, 0.15) is 0 Å². The summed E-state index contributed by atoms with van der Waals surface area (Å²) in [6.45, 7) is 8.26. The van der Waals surface area contributed by atoms with Crippen molar-refractivity contribution in [2.75, 3.05) is 11.9 Å². The second-order valence-corrected chi connectivity index (χ2v) is 5.04. The Morgan fingerprint density at radius 1 is 1.21 bits per heavy atom. The average molecular weight is 257 g/mol. The number of nitrogens with zero attached hydrogens (tertiary/aromatic N) is 2. The topological polar surface area (TPSA) is 29.9 Å². The van der Waals surface area contributed by atoms with Crippen molar-refractivity contribution in [2.24, 2.45) is 0 Å². The molecule has 1 aromatic heterocycles. The largest absolute Gasteiger partial charge is 0.356 e. The molecule has 0 aliphatic carbocycles. The summed E-state index contributed by atoms with van der Waals surface area (Å²) in [4.78, 5) is 4.56. The van der Waals surface area contributed by atoms with Crippen molar-refractivity contribution >= 4 is 5.95 Å². The zero-order valence-electron chi connectivity index (χ0n) is 12.1. The van der Waals surface area contributed by atoms with Crippen LogP contribution in [0.5, 0.6) is 0 Å². The molecule has 0 unspecified atom stereocenters. The minimum absolute atomic E-state index is 0.877. The molecular weight excluding hydrogens is 234 g/mol. The molecule has 0 fully saturated rings. The summed E-state index contributed by atoms with van der Waals surface area (Å²) in [5, 5.41) is 3.43. The first-order chi connectivity index (χ1) is 9.20. The van der Waals surface area contributed by atoms with Gasteiger partial charge in [-0.25, -0.2) is 4.98 Å². The maximum Gasteiger partial charge on any atom is 0.203 e. The SMILES string of the molecule is CCCCNc1nc(C)cn1Cc1ccccc1C. The monoisotopic (exact) mass is 257 g/mol. The minimum atomic E-state index is 0.877. The highest BCUT2D eigenvalue weighted by Gasteiger charge is 2.06. The number of aryl methyl sites for hydroxylation is 2. The summed E-state index contributed by atoms with van der Waals surface area (Å²) in [6.07, 6.45) is 4.49. The minimum Gasteiger partial charge on any atom is -0.356 e. The Balaban J connectivity index is 2.13. The van der Waals surface area contributed by atoms with Gasteiger partial charge in [-0.15, -0.1) is 0 Å². The van der Waals surface area contributed by atoms with Crippen molar-refractivity contribution in [3.63, 3.8) is 0 Å². The maximum atomic E-state index is 4.56. The molecular formula is C16H23N3. The Bertz CT molecular complexity index is 529. The third kappa shape index (κ3) is 3.60. The molecule has 0 saturated heterocycles. The summed E-state index contributed by atoms with van der Waals surface area (Å²) in [5.74, 6) is 0.981. The number of benzene rings is 1. The first-order valence-electron chi connectivity index (χ1n) is 7.03. The summed E-state index contributed by atoms with van der Waals surface area (Å²) >= 11 is 0. The maximum absolute atomic E-state index is 4.56. The van der Waals surface area contributed by atoms with Crippen LogP contribution < -0.4 is 5.32 Å². The van der Waals surface area contributed by atoms with Gasteiger partial charge < -0.3 is 9.88 Å². The quantitative estimate of drug-likeness (QED) is 0.798. The smallest absolute Gasteiger partial charge is 0.203 e. The Kier molecular flexibility index (Phi) is 4.61. The van der Waals surface area contributed by atoms with E-state index in [9.17, 15) is 0 Å². The lowest BCUT2D eigenvalue weighted by molar-refractivity contribution is 0.772. The van der Waals surface area contributed by atoms with E-state index in [1.807, 2.05) is 6.92 Å². The Morgan fingerprint density at radius 2 is 2.00 bits per heavy atom. The summed E-state index contributed by atoms with van der Waals surface area (Å²) in [5.41, 5.74) is 3.74. The van der Waals surface area contributed by atoms with Gasteiger partial charge in [0.25, 0.3) is 0 Å². The van der Waals surface area contributed by atoms with Crippen molar-refractivity contribution < 1.29 is 0 Å². The van der Waals surface area contributed by atoms with Gasteiger partial charge in [-0.05, 0) is 31.4 Å². The normalized spacial score (nSPS) is 10.7. The predicted octanol–water partition coefficient (Wildman–Crippen LogP) is 3.76. The fraction of sp³-hybridized carbons (Fsp3) is 0.438. The highest BCUT2D eigenvalue weighted by atomic mass is 15.2. The predicted molar refractivity (Wildman–Crippen MR) is 80.6 cm³/mol. The number of imidazole rings is 1. The van der Waals surface area contributed by atoms with Crippen LogP contribution in [0.3, 0.4) is 0 Å². The number of hydrogen-bond donors (Lipinski definition) is 1. The molecule has 1 aromatic carbocycles. The summed E-state index contributed by atoms with van der Waals surface area (Å²) in [6, 6.07) is 8.51. The number of anilines is 1. The van der Waals surface area contributed by atoms with Gasteiger partial charge in [-0.2, -0.15) is 0 Å². The number of nitrogens with one attached hydrogen (secondary N) is 1. The first-order valence-corrected chi connectivity index (χ1v) is 7.03. The highest BCUT2D eigenvalue weighted by molar-refractivity contribution is 5.32. The first kappa shape index (κ1) is 13.7. The van der Waals surface area contributed by atoms with Crippen LogP contribution in [0.15, 0.2) is 30.5 Å². The molecule has 0 saturated carbocycles. The molecule has 0 aliphatic heterocycles. The standard InChI is InChI=1S/C16H23N3/c1-4-5-10-17-16-18-14(3)11-19(16)12-15-9-7-6-8-13(15)2/h6-9,11H,4-5,10,12H2,1-3H3,(H,17,18). The Morgan fingerprint density at radius 3 is 2.74 bits per heavy atom. The molecule has 1 N–H and O–H groups in total. The van der Waals surface area contributed by atoms with Crippen molar-refractivity contribution in [2.45, 2.75) is 40.2 Å². The molecule has 2 aromatic rings. The van der Waals surface area contributed by atoms with E-state index in [0.717, 1.165) is 24.7 Å². The lowest BCUT2D eigenvalue weighted by atomic mass is 10.1. The number of aromatic nitrogens is 2. The van der Waals surface area contributed by atoms with E-state index in [2.05, 4.69) is 59.2 Å². The van der Waals surface area contributed by atoms with Crippen LogP contribution >= 0.6 is 0 Å². The summed E-state index contributed by atoms with van der Waals surface area (Å²) < 4.78 is 2.20. The molecule has 19 heavy (non-hydrogen) atoms. The van der Waals surface area contributed by atoms with E-state index in [-0.39, 0.29) is 0 Å². The number of hydrogen-bond acceptors (Lipinski definition) is 2. The number of rotatable bonds is 6. The third-order valence-corrected chi connectivity index (χ3v) is 3.31. The molecule has 102 valence electrons. The van der Waals surface area contributed by atoms with Gasteiger partial charge in [0, 0.05) is 12.7 Å². The van der Waals surface area contributed by atoms with E-state index in [1.54, 1.807) is 0 Å². The van der Waals surface area contributed by atoms with Crippen LogP contribution in [-0.2, 0) is 6.54 Å². The Labute approximate surface area is 115 Å². The second kappa shape index (κ2) is 6.41. The molecule has 2 rings (SSSR count). The molecule has 0 aliphatic rings. The van der Waals surface area contributed by atoms with Crippen molar-refractivity contribution in [3.05, 3.63) is 47.3 Å². The van der Waals surface area contributed by atoms with Crippen LogP contribution in [0.1, 0.15) is 36.6 Å². The number of unbranched alkanes of at least 4 members (excludes halogenated alkanes) is 1. The molecule has 1 heterocycles. The van der Waals surface area contributed by atoms with Crippen molar-refractivity contribution in [3.8, 4) is 0 Å². The molecule has 0 spiro atoms. The van der Waals surface area contributed by atoms with Gasteiger partial charge in [-0.3, -0.25) is 0 Å². The van der Waals surface area contributed by atoms with E-state index in [0.29, 0.717) is 0 Å². The lowest BCUT2D eigenvalue weighted by Gasteiger charge is -2.11. The zero-order valence-corrected chi connectivity index (χ0v) is 12.1. The average Bonchev–Trinajstić information content (AvgIpc) is 2.73. The lowest BCUT2D eigenvalue weighted by Crippen LogP contribution is -2.09. The van der Waals surface area contributed by atoms with Crippen LogP contribution in [0.2, 0.25) is 0 Å². The third-order valence-electron chi connectivity index (χ3n) is 3.31. The molecule has 0 radical (unpaired) electrons. The molecule has 0 atom stereocenters. The van der Waals surface area contributed by atoms with E-state index in [4.69, 9.17) is 0 Å². The van der Waals surface area contributed by atoms with Gasteiger partial charge in [0.15, 0.2) is 0 Å². The molecule has 0 bridgehead atoms. The molecule has 0 amide bonds. The van der Waals surface area contributed by atoms with Crippen LogP contribution in [-0.4, -0.2) is 16.1 Å². The van der Waals surface area contributed by atoms with E-state index >= 15 is 0 Å². The molecule has 3 nitrogen and oxygen atoms in total. The van der Waals surface area contributed by atoms with Gasteiger partial charge in [-0.1, -0.05) is 37.6 Å². The van der Waals surface area contributed by atoms with Crippen LogP contribution in [0.4, 0.5) is 5.95 Å². The van der Waals surface area contributed by atoms with Gasteiger partial charge >= 0.3 is 0 Å². The van der Waals surface area contributed by atoms with Crippen molar-refractivity contribution in [1.82, 2.24) is 9.55 Å². The Hall–Kier alpha value is -1.77. The van der Waals surface area contributed by atoms with Gasteiger partial charge in [0.05, 0.1) is 12.2 Å². The van der Waals surface area contributed by atoms with E-state index < -0.39 is 0 Å². The van der Waals surface area contributed by atoms with Crippen molar-refractivity contribution in [1.29, 1.82) is 0 Å².